The van der Waals surface area contributed by atoms with Crippen molar-refractivity contribution in [3.8, 4) is 11.5 Å². The molecule has 160 valence electrons. The van der Waals surface area contributed by atoms with Crippen molar-refractivity contribution >= 4 is 0 Å². The van der Waals surface area contributed by atoms with Crippen LogP contribution < -0.4 is 15.2 Å². The number of methoxy groups -OCH3 is 1. The summed E-state index contributed by atoms with van der Waals surface area (Å²) in [6.45, 7) is 7.56. The molecule has 0 aliphatic heterocycles. The van der Waals surface area contributed by atoms with Gasteiger partial charge in [-0.3, -0.25) is 0 Å². The third-order valence-electron chi connectivity index (χ3n) is 5.85. The average Bonchev–Trinajstić information content (AvgIpc) is 3.48. The van der Waals surface area contributed by atoms with Crippen LogP contribution in [-0.2, 0) is 6.42 Å². The molecule has 0 amide bonds. The molecule has 0 spiro atoms. The van der Waals surface area contributed by atoms with E-state index in [-0.39, 0.29) is 6.61 Å². The van der Waals surface area contributed by atoms with Crippen LogP contribution in [0, 0.1) is 17.8 Å². The van der Waals surface area contributed by atoms with Crippen LogP contribution in [0.4, 0.5) is 0 Å². The highest BCUT2D eigenvalue weighted by molar-refractivity contribution is 5.43. The van der Waals surface area contributed by atoms with E-state index in [2.05, 4.69) is 26.8 Å². The van der Waals surface area contributed by atoms with Crippen LogP contribution in [0.25, 0.3) is 0 Å². The smallest absolute Gasteiger partial charge is 0.161 e. The molecule has 0 radical (unpaired) electrons. The van der Waals surface area contributed by atoms with Crippen molar-refractivity contribution < 1.29 is 14.6 Å². The number of ether oxygens (including phenoxy) is 2. The Morgan fingerprint density at radius 2 is 1.93 bits per heavy atom. The molecule has 2 atom stereocenters. The fourth-order valence-electron chi connectivity index (χ4n) is 3.71. The Kier molecular flexibility index (Phi) is 9.10. The van der Waals surface area contributed by atoms with E-state index in [1.807, 2.05) is 12.1 Å². The molecule has 1 saturated carbocycles. The quantitative estimate of drug-likeness (QED) is 0.470. The minimum atomic E-state index is -0.463. The first-order chi connectivity index (χ1) is 13.3. The van der Waals surface area contributed by atoms with Gasteiger partial charge in [0.05, 0.1) is 20.3 Å². The van der Waals surface area contributed by atoms with Crippen LogP contribution in [-0.4, -0.2) is 31.0 Å². The summed E-state index contributed by atoms with van der Waals surface area (Å²) in [5.41, 5.74) is 7.13. The molecule has 1 fully saturated rings. The van der Waals surface area contributed by atoms with Crippen LogP contribution in [0.15, 0.2) is 18.2 Å². The van der Waals surface area contributed by atoms with E-state index < -0.39 is 5.54 Å². The van der Waals surface area contributed by atoms with Gasteiger partial charge >= 0.3 is 0 Å². The van der Waals surface area contributed by atoms with Crippen LogP contribution >= 0.6 is 0 Å². The predicted octanol–water partition coefficient (Wildman–Crippen LogP) is 4.96. The summed E-state index contributed by atoms with van der Waals surface area (Å²) in [5, 5.41) is 9.73. The average molecular weight is 392 g/mol. The summed E-state index contributed by atoms with van der Waals surface area (Å²) < 4.78 is 11.6. The summed E-state index contributed by atoms with van der Waals surface area (Å²) in [6.07, 6.45) is 8.80. The van der Waals surface area contributed by atoms with Gasteiger partial charge in [-0.2, -0.15) is 0 Å². The van der Waals surface area contributed by atoms with Gasteiger partial charge in [0.2, 0.25) is 0 Å². The van der Waals surface area contributed by atoms with Gasteiger partial charge in [0, 0.05) is 5.54 Å². The molecule has 1 aliphatic rings. The molecule has 0 aromatic heterocycles. The number of aliphatic hydroxyl groups excluding tert-OH is 1. The molecule has 0 heterocycles. The largest absolute Gasteiger partial charge is 0.493 e. The number of hydrogen-bond donors (Lipinski definition) is 2. The van der Waals surface area contributed by atoms with Gasteiger partial charge in [-0.1, -0.05) is 52.5 Å². The van der Waals surface area contributed by atoms with Gasteiger partial charge in [0.25, 0.3) is 0 Å². The molecule has 0 bridgehead atoms. The molecular formula is C24H41NO3. The molecule has 1 unspecified atom stereocenters. The van der Waals surface area contributed by atoms with Gasteiger partial charge in [-0.25, -0.2) is 0 Å². The maximum Gasteiger partial charge on any atom is 0.161 e. The van der Waals surface area contributed by atoms with Crippen LogP contribution in [0.1, 0.15) is 71.3 Å². The molecule has 4 nitrogen and oxygen atoms in total. The lowest BCUT2D eigenvalue weighted by Gasteiger charge is -2.27. The number of hydrogen-bond acceptors (Lipinski definition) is 4. The molecule has 4 heteroatoms. The maximum absolute atomic E-state index is 9.73. The van der Waals surface area contributed by atoms with Gasteiger partial charge in [-0.15, -0.1) is 0 Å². The first-order valence-electron chi connectivity index (χ1n) is 11.0. The number of nitrogens with two attached hydrogens (primary N) is 1. The van der Waals surface area contributed by atoms with E-state index in [1.165, 1.54) is 37.7 Å². The second-order valence-corrected chi connectivity index (χ2v) is 9.39. The van der Waals surface area contributed by atoms with Crippen molar-refractivity contribution in [1.82, 2.24) is 0 Å². The Hall–Kier alpha value is -1.26. The molecule has 2 rings (SSSR count). The zero-order chi connectivity index (χ0) is 20.6. The van der Waals surface area contributed by atoms with Gasteiger partial charge < -0.3 is 20.3 Å². The Labute approximate surface area is 171 Å². The summed E-state index contributed by atoms with van der Waals surface area (Å²) in [5.74, 6) is 3.60. The Bertz CT molecular complexity index is 585. The molecule has 1 aromatic rings. The van der Waals surface area contributed by atoms with Crippen LogP contribution in [0.3, 0.4) is 0 Å². The highest BCUT2D eigenvalue weighted by atomic mass is 16.5. The van der Waals surface area contributed by atoms with Crippen molar-refractivity contribution in [2.24, 2.45) is 23.5 Å². The first-order valence-corrected chi connectivity index (χ1v) is 11.0. The van der Waals surface area contributed by atoms with E-state index >= 15 is 0 Å². The third kappa shape index (κ3) is 8.00. The number of aliphatic hydroxyl groups is 1. The second kappa shape index (κ2) is 11.1. The molecule has 1 aliphatic carbocycles. The molecular weight excluding hydrogens is 350 g/mol. The minimum absolute atomic E-state index is 0.0521. The normalized spacial score (nSPS) is 17.4. The van der Waals surface area contributed by atoms with Gasteiger partial charge in [0.1, 0.15) is 0 Å². The molecule has 28 heavy (non-hydrogen) atoms. The first kappa shape index (κ1) is 23.0. The lowest BCUT2D eigenvalue weighted by Crippen LogP contribution is -2.44. The van der Waals surface area contributed by atoms with E-state index in [9.17, 15) is 5.11 Å². The number of benzene rings is 1. The van der Waals surface area contributed by atoms with E-state index in [0.29, 0.717) is 18.4 Å². The summed E-state index contributed by atoms with van der Waals surface area (Å²) in [7, 11) is 1.69. The van der Waals surface area contributed by atoms with Crippen LogP contribution in [0.5, 0.6) is 11.5 Å². The second-order valence-electron chi connectivity index (χ2n) is 9.39. The minimum Gasteiger partial charge on any atom is -0.493 e. The number of rotatable bonds is 14. The maximum atomic E-state index is 9.73. The highest BCUT2D eigenvalue weighted by Gasteiger charge is 2.33. The lowest BCUT2D eigenvalue weighted by molar-refractivity contribution is 0.172. The fraction of sp³-hybridized carbons (Fsp3) is 0.750. The fourth-order valence-corrected chi connectivity index (χ4v) is 3.71. The van der Waals surface area contributed by atoms with Crippen molar-refractivity contribution in [2.75, 3.05) is 20.3 Å². The van der Waals surface area contributed by atoms with Crippen molar-refractivity contribution in [1.29, 1.82) is 0 Å². The van der Waals surface area contributed by atoms with E-state index in [4.69, 9.17) is 15.2 Å². The summed E-state index contributed by atoms with van der Waals surface area (Å²) >= 11 is 0. The summed E-state index contributed by atoms with van der Waals surface area (Å²) in [4.78, 5) is 0. The van der Waals surface area contributed by atoms with E-state index in [1.54, 1.807) is 7.11 Å². The van der Waals surface area contributed by atoms with Gasteiger partial charge in [-0.05, 0) is 61.1 Å². The zero-order valence-corrected chi connectivity index (χ0v) is 18.4. The molecule has 0 saturated heterocycles. The Morgan fingerprint density at radius 3 is 2.54 bits per heavy atom. The van der Waals surface area contributed by atoms with Crippen molar-refractivity contribution in [3.63, 3.8) is 0 Å². The Morgan fingerprint density at radius 1 is 1.18 bits per heavy atom. The lowest BCUT2D eigenvalue weighted by atomic mass is 9.88. The third-order valence-corrected chi connectivity index (χ3v) is 5.85. The topological polar surface area (TPSA) is 64.7 Å². The molecule has 3 N–H and O–H groups in total. The Balaban J connectivity index is 1.85. The summed E-state index contributed by atoms with van der Waals surface area (Å²) in [6, 6.07) is 6.15. The predicted molar refractivity (Wildman–Crippen MR) is 116 cm³/mol. The van der Waals surface area contributed by atoms with Crippen molar-refractivity contribution in [2.45, 2.75) is 77.7 Å². The zero-order valence-electron chi connectivity index (χ0n) is 18.4. The molecule has 1 aromatic carbocycles. The van der Waals surface area contributed by atoms with Crippen LogP contribution in [0.2, 0.25) is 0 Å². The highest BCUT2D eigenvalue weighted by Crippen LogP contribution is 2.37. The van der Waals surface area contributed by atoms with E-state index in [0.717, 1.165) is 36.7 Å². The number of aryl methyl sites for hydroxylation is 1. The monoisotopic (exact) mass is 391 g/mol. The van der Waals surface area contributed by atoms with Gasteiger partial charge in [0.15, 0.2) is 11.5 Å². The SMILES string of the molecule is COc1cc(CC[C@@](N)(CO)CC2CC2)ccc1OCC(C)CCCC(C)C. The van der Waals surface area contributed by atoms with Crippen molar-refractivity contribution in [3.05, 3.63) is 23.8 Å². The standard InChI is InChI=1S/C24H41NO3/c1-18(2)6-5-7-19(3)16-28-22-11-10-20(14-23(22)27-4)12-13-24(25,17-26)15-21-8-9-21/h10-11,14,18-19,21,26H,5-9,12-13,15-17,25H2,1-4H3/t19?,24-/m0/s1.